The lowest BCUT2D eigenvalue weighted by Gasteiger charge is -2.16. The number of nitrogens with zero attached hydrogens (tertiary/aromatic N) is 3. The summed E-state index contributed by atoms with van der Waals surface area (Å²) in [6.45, 7) is 0.450. The molecule has 1 saturated carbocycles. The number of methoxy groups -OCH3 is 1. The Labute approximate surface area is 187 Å². The van der Waals surface area contributed by atoms with Crippen LogP contribution in [0.15, 0.2) is 28.3 Å². The summed E-state index contributed by atoms with van der Waals surface area (Å²) in [4.78, 5) is 12.5. The minimum atomic E-state index is -3.75. The predicted molar refractivity (Wildman–Crippen MR) is 119 cm³/mol. The van der Waals surface area contributed by atoms with Crippen LogP contribution in [0.2, 0.25) is 0 Å². The van der Waals surface area contributed by atoms with Crippen molar-refractivity contribution in [1.29, 1.82) is 0 Å². The van der Waals surface area contributed by atoms with Crippen molar-refractivity contribution in [2.75, 3.05) is 27.0 Å². The molecule has 1 aromatic heterocycles. The highest BCUT2D eigenvalue weighted by Gasteiger charge is 2.23. The average molecular weight is 468 g/mol. The molecule has 31 heavy (non-hydrogen) atoms. The Morgan fingerprint density at radius 1 is 1.29 bits per heavy atom. The lowest BCUT2D eigenvalue weighted by molar-refractivity contribution is 0.0953. The summed E-state index contributed by atoms with van der Waals surface area (Å²) in [5.74, 6) is 0.802. The fourth-order valence-electron chi connectivity index (χ4n) is 3.83. The normalized spacial score (nSPS) is 14.7. The first kappa shape index (κ1) is 23.6. The van der Waals surface area contributed by atoms with Crippen molar-refractivity contribution in [3.05, 3.63) is 29.6 Å². The Morgan fingerprint density at radius 2 is 2.03 bits per heavy atom. The molecule has 0 aliphatic heterocycles. The second-order valence-corrected chi connectivity index (χ2v) is 9.97. The van der Waals surface area contributed by atoms with E-state index in [1.807, 2.05) is 6.26 Å². The molecular weight excluding hydrogens is 438 g/mol. The maximum absolute atomic E-state index is 12.5. The second-order valence-electron chi connectivity index (χ2n) is 7.34. The van der Waals surface area contributed by atoms with Crippen LogP contribution in [0.1, 0.15) is 54.3 Å². The van der Waals surface area contributed by atoms with Gasteiger partial charge in [0, 0.05) is 24.6 Å². The number of hydrogen-bond acceptors (Lipinski definition) is 7. The fourth-order valence-corrected chi connectivity index (χ4v) is 5.33. The quantitative estimate of drug-likeness (QED) is 0.407. The highest BCUT2D eigenvalue weighted by atomic mass is 32.2. The van der Waals surface area contributed by atoms with Gasteiger partial charge in [-0.3, -0.25) is 4.79 Å². The Morgan fingerprint density at radius 3 is 2.68 bits per heavy atom. The molecule has 1 aromatic carbocycles. The third kappa shape index (κ3) is 5.39. The van der Waals surface area contributed by atoms with E-state index in [9.17, 15) is 13.2 Å². The first-order valence-corrected chi connectivity index (χ1v) is 13.0. The molecule has 0 spiro atoms. The number of ether oxygens (including phenoxy) is 1. The fraction of sp³-hybridized carbons (Fsp3) is 0.550. The molecule has 0 unspecified atom stereocenters. The summed E-state index contributed by atoms with van der Waals surface area (Å²) in [6, 6.07) is 4.81. The molecule has 3 rings (SSSR count). The summed E-state index contributed by atoms with van der Waals surface area (Å²) in [7, 11) is -1.05. The van der Waals surface area contributed by atoms with Gasteiger partial charge in [0.25, 0.3) is 5.91 Å². The number of carbonyl (C=O) groups excluding carboxylic acids is 1. The molecule has 1 fully saturated rings. The smallest absolute Gasteiger partial charge is 0.251 e. The second kappa shape index (κ2) is 10.5. The molecule has 0 bridgehead atoms. The summed E-state index contributed by atoms with van der Waals surface area (Å²) >= 11 is 1.61. The number of thioether (sulfide) groups is 1. The predicted octanol–water partition coefficient (Wildman–Crippen LogP) is 2.39. The van der Waals surface area contributed by atoms with Crippen LogP contribution in [-0.2, 0) is 16.4 Å². The van der Waals surface area contributed by atoms with E-state index >= 15 is 0 Å². The maximum Gasteiger partial charge on any atom is 0.251 e. The Hall–Kier alpha value is -2.11. The van der Waals surface area contributed by atoms with Gasteiger partial charge in [0.15, 0.2) is 5.16 Å². The van der Waals surface area contributed by atoms with Crippen molar-refractivity contribution in [1.82, 2.24) is 24.8 Å². The van der Waals surface area contributed by atoms with E-state index in [1.54, 1.807) is 17.8 Å². The van der Waals surface area contributed by atoms with Gasteiger partial charge in [0.2, 0.25) is 10.0 Å². The van der Waals surface area contributed by atoms with Crippen LogP contribution >= 0.6 is 11.8 Å². The number of sulfonamides is 1. The summed E-state index contributed by atoms with van der Waals surface area (Å²) < 4.78 is 34.0. The lowest BCUT2D eigenvalue weighted by atomic mass is 10.2. The Bertz CT molecular complexity index is 1020. The monoisotopic (exact) mass is 467 g/mol. The van der Waals surface area contributed by atoms with E-state index in [1.165, 1.54) is 39.1 Å². The molecule has 0 saturated heterocycles. The van der Waals surface area contributed by atoms with E-state index < -0.39 is 10.0 Å². The molecule has 0 atom stereocenters. The van der Waals surface area contributed by atoms with Crippen molar-refractivity contribution < 1.29 is 17.9 Å². The number of amides is 1. The number of aryl methyl sites for hydroxylation is 1. The van der Waals surface area contributed by atoms with Gasteiger partial charge < -0.3 is 14.6 Å². The molecular formula is C20H29N5O4S2. The first-order chi connectivity index (χ1) is 14.9. The van der Waals surface area contributed by atoms with E-state index in [-0.39, 0.29) is 22.1 Å². The zero-order valence-electron chi connectivity index (χ0n) is 18.1. The van der Waals surface area contributed by atoms with Crippen LogP contribution in [-0.4, -0.2) is 56.0 Å². The number of nitrogens with one attached hydrogen (secondary N) is 2. The number of benzene rings is 1. The zero-order valence-corrected chi connectivity index (χ0v) is 19.7. The first-order valence-electron chi connectivity index (χ1n) is 10.3. The van der Waals surface area contributed by atoms with Crippen LogP contribution < -0.4 is 14.8 Å². The van der Waals surface area contributed by atoms with Gasteiger partial charge in [-0.15, -0.1) is 10.2 Å². The van der Waals surface area contributed by atoms with Gasteiger partial charge in [-0.05, 0) is 50.8 Å². The van der Waals surface area contributed by atoms with Crippen molar-refractivity contribution >= 4 is 27.7 Å². The third-order valence-corrected chi connectivity index (χ3v) is 7.53. The molecule has 1 heterocycles. The molecule has 1 aliphatic rings. The summed E-state index contributed by atoms with van der Waals surface area (Å²) in [5, 5.41) is 12.5. The van der Waals surface area contributed by atoms with Gasteiger partial charge in [-0.1, -0.05) is 24.6 Å². The van der Waals surface area contributed by atoms with Gasteiger partial charge in [-0.25, -0.2) is 13.1 Å². The van der Waals surface area contributed by atoms with E-state index in [0.717, 1.165) is 23.8 Å². The summed E-state index contributed by atoms with van der Waals surface area (Å²) in [6.07, 6.45) is 8.22. The van der Waals surface area contributed by atoms with Gasteiger partial charge in [0.1, 0.15) is 16.5 Å². The molecule has 170 valence electrons. The van der Waals surface area contributed by atoms with Crippen molar-refractivity contribution in [2.24, 2.45) is 0 Å². The molecule has 2 N–H and O–H groups in total. The Balaban J connectivity index is 1.61. The number of aromatic nitrogens is 3. The average Bonchev–Trinajstić information content (AvgIpc) is 3.45. The molecule has 1 aliphatic carbocycles. The molecule has 2 aromatic rings. The van der Waals surface area contributed by atoms with E-state index in [0.29, 0.717) is 25.4 Å². The Kier molecular flexibility index (Phi) is 7.95. The lowest BCUT2D eigenvalue weighted by Crippen LogP contribution is -2.26. The molecule has 0 radical (unpaired) electrons. The third-order valence-electron chi connectivity index (χ3n) is 5.45. The molecule has 1 amide bonds. The standard InChI is InChI=1S/C20H29N5O4S2/c1-21-31(27,28)17-13-14(10-11-16(17)29-2)19(26)22-12-6-9-18-23-24-20(30-3)25(18)15-7-4-5-8-15/h10-11,13,15,21H,4-9,12H2,1-3H3,(H,22,26). The minimum Gasteiger partial charge on any atom is -0.495 e. The number of hydrogen-bond donors (Lipinski definition) is 2. The largest absolute Gasteiger partial charge is 0.495 e. The van der Waals surface area contributed by atoms with Crippen LogP contribution in [0.4, 0.5) is 0 Å². The highest BCUT2D eigenvalue weighted by molar-refractivity contribution is 7.98. The van der Waals surface area contributed by atoms with Gasteiger partial charge in [-0.2, -0.15) is 0 Å². The zero-order chi connectivity index (χ0) is 22.4. The van der Waals surface area contributed by atoms with Crippen LogP contribution in [0.25, 0.3) is 0 Å². The number of rotatable bonds is 10. The van der Waals surface area contributed by atoms with Crippen LogP contribution in [0.3, 0.4) is 0 Å². The van der Waals surface area contributed by atoms with Crippen molar-refractivity contribution in [3.8, 4) is 5.75 Å². The molecule has 9 nitrogen and oxygen atoms in total. The van der Waals surface area contributed by atoms with E-state index in [4.69, 9.17) is 4.74 Å². The van der Waals surface area contributed by atoms with Crippen molar-refractivity contribution in [2.45, 2.75) is 54.6 Å². The SMILES string of the molecule is CNS(=O)(=O)c1cc(C(=O)NCCCc2nnc(SC)n2C2CCCC2)ccc1OC. The van der Waals surface area contributed by atoms with Gasteiger partial charge >= 0.3 is 0 Å². The van der Waals surface area contributed by atoms with Gasteiger partial charge in [0.05, 0.1) is 7.11 Å². The van der Waals surface area contributed by atoms with Crippen LogP contribution in [0, 0.1) is 0 Å². The van der Waals surface area contributed by atoms with Crippen molar-refractivity contribution in [3.63, 3.8) is 0 Å². The van der Waals surface area contributed by atoms with E-state index in [2.05, 4.69) is 24.8 Å². The molecule has 11 heteroatoms. The number of carbonyl (C=O) groups is 1. The highest BCUT2D eigenvalue weighted by Crippen LogP contribution is 2.33. The maximum atomic E-state index is 12.5. The topological polar surface area (TPSA) is 115 Å². The minimum absolute atomic E-state index is 0.0700. The summed E-state index contributed by atoms with van der Waals surface area (Å²) in [5.41, 5.74) is 0.258. The van der Waals surface area contributed by atoms with Crippen LogP contribution in [0.5, 0.6) is 5.75 Å².